The van der Waals surface area contributed by atoms with Crippen molar-refractivity contribution in [1.29, 1.82) is 0 Å². The Kier molecular flexibility index (Phi) is 5.40. The molecule has 1 unspecified atom stereocenters. The summed E-state index contributed by atoms with van der Waals surface area (Å²) < 4.78 is 0. The van der Waals surface area contributed by atoms with Gasteiger partial charge >= 0.3 is 0 Å². The Labute approximate surface area is 128 Å². The van der Waals surface area contributed by atoms with Crippen LogP contribution in [-0.4, -0.2) is 0 Å². The topological polar surface area (TPSA) is 21.3 Å². The molecular formula is C19H25NO. The second-order valence-electron chi connectivity index (χ2n) is 6.02. The molecule has 2 aromatic rings. The van der Waals surface area contributed by atoms with Gasteiger partial charge in [-0.05, 0) is 48.9 Å². The smallest absolute Gasteiger partial charge is 0.108 e. The minimum absolute atomic E-state index is 0.0148. The molecule has 2 nitrogen and oxygen atoms in total. The Morgan fingerprint density at radius 3 is 2.33 bits per heavy atom. The number of hydrogen-bond acceptors (Lipinski definition) is 2. The van der Waals surface area contributed by atoms with Crippen LogP contribution in [0.3, 0.4) is 0 Å². The second-order valence-corrected chi connectivity index (χ2v) is 6.02. The van der Waals surface area contributed by atoms with E-state index < -0.39 is 0 Å². The zero-order chi connectivity index (χ0) is 15.2. The summed E-state index contributed by atoms with van der Waals surface area (Å²) in [6.45, 7) is 8.64. The van der Waals surface area contributed by atoms with Crippen molar-refractivity contribution in [3.8, 4) is 0 Å². The maximum atomic E-state index is 5.77. The van der Waals surface area contributed by atoms with Gasteiger partial charge in [0.05, 0.1) is 5.69 Å². The molecule has 1 atom stereocenters. The van der Waals surface area contributed by atoms with Gasteiger partial charge in [-0.3, -0.25) is 10.3 Å². The molecule has 1 N–H and O–H groups in total. The van der Waals surface area contributed by atoms with Gasteiger partial charge in [-0.25, -0.2) is 0 Å². The molecule has 0 spiro atoms. The lowest BCUT2D eigenvalue weighted by atomic mass is 10.0. The molecule has 0 saturated heterocycles. The third kappa shape index (κ3) is 4.61. The molecule has 0 aliphatic carbocycles. The quantitative estimate of drug-likeness (QED) is 0.726. The van der Waals surface area contributed by atoms with Gasteiger partial charge < -0.3 is 0 Å². The van der Waals surface area contributed by atoms with E-state index in [1.54, 1.807) is 0 Å². The largest absolute Gasteiger partial charge is 0.268 e. The molecule has 2 aromatic carbocycles. The standard InChI is InChI=1S/C19H25NO/c1-14(2)12-17-10-11-19(15(3)13-17)20-21-16(4)18-8-6-5-7-9-18/h5-11,13-14,16,20H,12H2,1-4H3. The number of rotatable bonds is 6. The van der Waals surface area contributed by atoms with Gasteiger partial charge in [-0.2, -0.15) is 0 Å². The fourth-order valence-electron chi connectivity index (χ4n) is 2.38. The van der Waals surface area contributed by atoms with Crippen LogP contribution in [0.15, 0.2) is 48.5 Å². The molecule has 112 valence electrons. The molecular weight excluding hydrogens is 258 g/mol. The fraction of sp³-hybridized carbons (Fsp3) is 0.368. The molecule has 0 aromatic heterocycles. The number of benzene rings is 2. The Morgan fingerprint density at radius 2 is 1.71 bits per heavy atom. The van der Waals surface area contributed by atoms with Crippen LogP contribution in [0, 0.1) is 12.8 Å². The fourth-order valence-corrected chi connectivity index (χ4v) is 2.38. The van der Waals surface area contributed by atoms with E-state index in [0.717, 1.165) is 12.1 Å². The highest BCUT2D eigenvalue weighted by atomic mass is 16.7. The predicted molar refractivity (Wildman–Crippen MR) is 89.3 cm³/mol. The van der Waals surface area contributed by atoms with Gasteiger partial charge in [-0.1, -0.05) is 56.3 Å². The highest BCUT2D eigenvalue weighted by Gasteiger charge is 2.07. The normalized spacial score (nSPS) is 12.4. The first kappa shape index (κ1) is 15.6. The molecule has 0 heterocycles. The average Bonchev–Trinajstić information content (AvgIpc) is 2.46. The molecule has 2 rings (SSSR count). The minimum atomic E-state index is 0.0148. The number of aryl methyl sites for hydroxylation is 1. The molecule has 0 radical (unpaired) electrons. The summed E-state index contributed by atoms with van der Waals surface area (Å²) >= 11 is 0. The van der Waals surface area contributed by atoms with E-state index in [0.29, 0.717) is 5.92 Å². The van der Waals surface area contributed by atoms with E-state index in [9.17, 15) is 0 Å². The molecule has 0 amide bonds. The third-order valence-corrected chi connectivity index (χ3v) is 3.55. The maximum Gasteiger partial charge on any atom is 0.108 e. The van der Waals surface area contributed by atoms with Crippen LogP contribution in [0.1, 0.15) is 43.6 Å². The van der Waals surface area contributed by atoms with Crippen molar-refractivity contribution >= 4 is 5.69 Å². The van der Waals surface area contributed by atoms with Gasteiger partial charge in [0.2, 0.25) is 0 Å². The van der Waals surface area contributed by atoms with Crippen LogP contribution < -0.4 is 5.48 Å². The summed E-state index contributed by atoms with van der Waals surface area (Å²) in [4.78, 5) is 5.77. The number of nitrogens with one attached hydrogen (secondary N) is 1. The van der Waals surface area contributed by atoms with Gasteiger partial charge in [0.15, 0.2) is 0 Å². The summed E-state index contributed by atoms with van der Waals surface area (Å²) in [5.41, 5.74) is 7.89. The van der Waals surface area contributed by atoms with Crippen molar-refractivity contribution in [2.24, 2.45) is 5.92 Å². The minimum Gasteiger partial charge on any atom is -0.268 e. The Balaban J connectivity index is 1.97. The van der Waals surface area contributed by atoms with E-state index in [4.69, 9.17) is 4.84 Å². The molecule has 0 fully saturated rings. The molecule has 0 saturated carbocycles. The lowest BCUT2D eigenvalue weighted by molar-refractivity contribution is 0.116. The van der Waals surface area contributed by atoms with Gasteiger partial charge in [0.25, 0.3) is 0 Å². The highest BCUT2D eigenvalue weighted by Crippen LogP contribution is 2.22. The molecule has 0 aliphatic rings. The second kappa shape index (κ2) is 7.28. The van der Waals surface area contributed by atoms with Crippen LogP contribution >= 0.6 is 0 Å². The summed E-state index contributed by atoms with van der Waals surface area (Å²) in [6, 6.07) is 16.7. The SMILES string of the molecule is Cc1cc(CC(C)C)ccc1NOC(C)c1ccccc1. The first-order valence-corrected chi connectivity index (χ1v) is 7.62. The van der Waals surface area contributed by atoms with Crippen LogP contribution in [0.5, 0.6) is 0 Å². The maximum absolute atomic E-state index is 5.77. The summed E-state index contributed by atoms with van der Waals surface area (Å²) in [5, 5.41) is 0. The van der Waals surface area contributed by atoms with E-state index >= 15 is 0 Å². The summed E-state index contributed by atoms with van der Waals surface area (Å²) in [7, 11) is 0. The van der Waals surface area contributed by atoms with Crippen molar-refractivity contribution in [3.05, 3.63) is 65.2 Å². The zero-order valence-corrected chi connectivity index (χ0v) is 13.4. The van der Waals surface area contributed by atoms with Crippen molar-refractivity contribution < 1.29 is 4.84 Å². The van der Waals surface area contributed by atoms with Gasteiger partial charge in [-0.15, -0.1) is 0 Å². The van der Waals surface area contributed by atoms with Crippen LogP contribution in [-0.2, 0) is 11.3 Å². The third-order valence-electron chi connectivity index (χ3n) is 3.55. The first-order chi connectivity index (χ1) is 10.1. The van der Waals surface area contributed by atoms with Crippen molar-refractivity contribution in [2.45, 2.75) is 40.2 Å². The van der Waals surface area contributed by atoms with E-state index in [1.807, 2.05) is 25.1 Å². The molecule has 0 aliphatic heterocycles. The Bertz CT molecular complexity index is 563. The number of hydrogen-bond donors (Lipinski definition) is 1. The van der Waals surface area contributed by atoms with Crippen molar-refractivity contribution in [2.75, 3.05) is 5.48 Å². The van der Waals surface area contributed by atoms with Gasteiger partial charge in [0, 0.05) is 0 Å². The van der Waals surface area contributed by atoms with Gasteiger partial charge in [0.1, 0.15) is 6.10 Å². The molecule has 0 bridgehead atoms. The van der Waals surface area contributed by atoms with Crippen LogP contribution in [0.25, 0.3) is 0 Å². The lowest BCUT2D eigenvalue weighted by Gasteiger charge is -2.16. The zero-order valence-electron chi connectivity index (χ0n) is 13.4. The number of anilines is 1. The van der Waals surface area contributed by atoms with E-state index in [2.05, 4.69) is 56.6 Å². The Morgan fingerprint density at radius 1 is 1.00 bits per heavy atom. The molecule has 21 heavy (non-hydrogen) atoms. The van der Waals surface area contributed by atoms with E-state index in [-0.39, 0.29) is 6.10 Å². The molecule has 2 heteroatoms. The van der Waals surface area contributed by atoms with Crippen LogP contribution in [0.4, 0.5) is 5.69 Å². The Hall–Kier alpha value is -1.80. The van der Waals surface area contributed by atoms with Crippen LogP contribution in [0.2, 0.25) is 0 Å². The van der Waals surface area contributed by atoms with E-state index in [1.165, 1.54) is 16.7 Å². The monoisotopic (exact) mass is 283 g/mol. The predicted octanol–water partition coefficient (Wildman–Crippen LogP) is 5.30. The summed E-state index contributed by atoms with van der Waals surface area (Å²) in [6.07, 6.45) is 1.13. The average molecular weight is 283 g/mol. The lowest BCUT2D eigenvalue weighted by Crippen LogP contribution is -2.07. The van der Waals surface area contributed by atoms with Crippen molar-refractivity contribution in [1.82, 2.24) is 0 Å². The summed E-state index contributed by atoms with van der Waals surface area (Å²) in [5.74, 6) is 0.678. The first-order valence-electron chi connectivity index (χ1n) is 7.62. The van der Waals surface area contributed by atoms with Crippen molar-refractivity contribution in [3.63, 3.8) is 0 Å². The highest BCUT2D eigenvalue weighted by molar-refractivity contribution is 5.50.